The maximum absolute atomic E-state index is 12.4. The van der Waals surface area contributed by atoms with Crippen molar-refractivity contribution in [1.29, 1.82) is 0 Å². The number of aromatic nitrogens is 1. The molecule has 2 aromatic rings. The van der Waals surface area contributed by atoms with Gasteiger partial charge >= 0.3 is 0 Å². The third kappa shape index (κ3) is 4.30. The molecular weight excluding hydrogens is 308 g/mol. The molecule has 0 spiro atoms. The Balaban J connectivity index is 1.48. The lowest BCUT2D eigenvalue weighted by Crippen LogP contribution is -2.48. The minimum Gasteiger partial charge on any atom is -0.375 e. The topological polar surface area (TPSA) is 62.5 Å². The molecule has 23 heavy (non-hydrogen) atoms. The molecule has 1 aromatic heterocycles. The summed E-state index contributed by atoms with van der Waals surface area (Å²) in [7, 11) is 0. The first-order chi connectivity index (χ1) is 11.1. The number of hydrogen-bond acceptors (Lipinski definition) is 5. The van der Waals surface area contributed by atoms with Gasteiger partial charge in [0.05, 0.1) is 6.42 Å². The monoisotopic (exact) mass is 330 g/mol. The fraction of sp³-hybridized carbons (Fsp3) is 0.412. The van der Waals surface area contributed by atoms with Crippen LogP contribution in [-0.4, -0.2) is 46.9 Å². The van der Waals surface area contributed by atoms with E-state index in [1.807, 2.05) is 23.2 Å². The van der Waals surface area contributed by atoms with Crippen LogP contribution in [0.25, 0.3) is 0 Å². The lowest BCUT2D eigenvalue weighted by molar-refractivity contribution is -0.132. The lowest BCUT2D eigenvalue weighted by Gasteiger charge is -2.34. The van der Waals surface area contributed by atoms with Crippen LogP contribution in [0.1, 0.15) is 16.0 Å². The van der Waals surface area contributed by atoms with Gasteiger partial charge in [-0.25, -0.2) is 4.98 Å². The molecule has 2 heterocycles. The summed E-state index contributed by atoms with van der Waals surface area (Å²) in [5.41, 5.74) is 7.97. The number of carbonyl (C=O) groups excluding carboxylic acids is 1. The molecule has 0 atom stereocenters. The van der Waals surface area contributed by atoms with E-state index < -0.39 is 0 Å². The molecule has 0 aliphatic carbocycles. The van der Waals surface area contributed by atoms with E-state index in [1.54, 1.807) is 0 Å². The third-order valence-corrected chi connectivity index (χ3v) is 4.96. The Morgan fingerprint density at radius 2 is 1.91 bits per heavy atom. The molecule has 122 valence electrons. The highest BCUT2D eigenvalue weighted by molar-refractivity contribution is 7.15. The fourth-order valence-electron chi connectivity index (χ4n) is 2.76. The van der Waals surface area contributed by atoms with Gasteiger partial charge in [-0.15, -0.1) is 11.3 Å². The van der Waals surface area contributed by atoms with Crippen LogP contribution in [0.5, 0.6) is 0 Å². The highest BCUT2D eigenvalue weighted by Crippen LogP contribution is 2.17. The smallest absolute Gasteiger partial charge is 0.227 e. The molecule has 0 bridgehead atoms. The standard InChI is InChI=1S/C17H22N4OS/c1-13-2-4-14(5-3-13)10-16(22)21-8-6-20(7-9-21)12-15-11-19-17(18)23-15/h2-5,11H,6-10,12H2,1H3,(H2,18,19). The van der Waals surface area contributed by atoms with Crippen molar-refractivity contribution in [2.45, 2.75) is 19.9 Å². The van der Waals surface area contributed by atoms with E-state index >= 15 is 0 Å². The SMILES string of the molecule is Cc1ccc(CC(=O)N2CCN(Cc3cnc(N)s3)CC2)cc1. The Kier molecular flexibility index (Phi) is 4.93. The van der Waals surface area contributed by atoms with Crippen LogP contribution in [0.2, 0.25) is 0 Å². The summed E-state index contributed by atoms with van der Waals surface area (Å²) in [4.78, 5) is 22.0. The zero-order chi connectivity index (χ0) is 16.2. The van der Waals surface area contributed by atoms with Crippen molar-refractivity contribution in [3.05, 3.63) is 46.5 Å². The van der Waals surface area contributed by atoms with Crippen LogP contribution in [0.4, 0.5) is 5.13 Å². The summed E-state index contributed by atoms with van der Waals surface area (Å²) in [6.45, 7) is 6.31. The first-order valence-corrected chi connectivity index (χ1v) is 8.67. The number of nitrogens with zero attached hydrogens (tertiary/aromatic N) is 3. The predicted molar refractivity (Wildman–Crippen MR) is 93.3 cm³/mol. The Morgan fingerprint density at radius 3 is 2.52 bits per heavy atom. The minimum atomic E-state index is 0.218. The number of anilines is 1. The van der Waals surface area contributed by atoms with Crippen molar-refractivity contribution in [1.82, 2.24) is 14.8 Å². The zero-order valence-corrected chi connectivity index (χ0v) is 14.2. The van der Waals surface area contributed by atoms with E-state index in [-0.39, 0.29) is 5.91 Å². The van der Waals surface area contributed by atoms with Gasteiger partial charge in [0, 0.05) is 43.8 Å². The first-order valence-electron chi connectivity index (χ1n) is 7.86. The quantitative estimate of drug-likeness (QED) is 0.930. The van der Waals surface area contributed by atoms with Crippen LogP contribution >= 0.6 is 11.3 Å². The molecule has 6 heteroatoms. The number of amides is 1. The number of aryl methyl sites for hydroxylation is 1. The molecule has 1 aromatic carbocycles. The molecule has 0 radical (unpaired) electrons. The molecule has 2 N–H and O–H groups in total. The zero-order valence-electron chi connectivity index (χ0n) is 13.4. The second-order valence-electron chi connectivity index (χ2n) is 5.98. The highest BCUT2D eigenvalue weighted by Gasteiger charge is 2.21. The van der Waals surface area contributed by atoms with Crippen molar-refractivity contribution in [3.8, 4) is 0 Å². The summed E-state index contributed by atoms with van der Waals surface area (Å²) >= 11 is 1.54. The molecule has 5 nitrogen and oxygen atoms in total. The van der Waals surface area contributed by atoms with E-state index in [0.717, 1.165) is 38.3 Å². The first kappa shape index (κ1) is 16.0. The predicted octanol–water partition coefficient (Wildman–Crippen LogP) is 1.92. The van der Waals surface area contributed by atoms with Crippen molar-refractivity contribution in [3.63, 3.8) is 0 Å². The van der Waals surface area contributed by atoms with Gasteiger partial charge in [-0.3, -0.25) is 9.69 Å². The van der Waals surface area contributed by atoms with Gasteiger partial charge in [0.1, 0.15) is 0 Å². The van der Waals surface area contributed by atoms with Gasteiger partial charge in [0.15, 0.2) is 5.13 Å². The second-order valence-corrected chi connectivity index (χ2v) is 7.13. The number of rotatable bonds is 4. The molecule has 1 amide bonds. The summed E-state index contributed by atoms with van der Waals surface area (Å²) in [6.07, 6.45) is 2.33. The highest BCUT2D eigenvalue weighted by atomic mass is 32.1. The van der Waals surface area contributed by atoms with Crippen LogP contribution in [0, 0.1) is 6.92 Å². The maximum Gasteiger partial charge on any atom is 0.227 e. The van der Waals surface area contributed by atoms with Crippen molar-refractivity contribution in [2.24, 2.45) is 0 Å². The number of carbonyl (C=O) groups is 1. The third-order valence-electron chi connectivity index (χ3n) is 4.15. The normalized spacial score (nSPS) is 15.8. The molecular formula is C17H22N4OS. The van der Waals surface area contributed by atoms with E-state index in [1.165, 1.54) is 21.8 Å². The van der Waals surface area contributed by atoms with Gasteiger partial charge in [-0.2, -0.15) is 0 Å². The van der Waals surface area contributed by atoms with E-state index in [0.29, 0.717) is 11.6 Å². The van der Waals surface area contributed by atoms with Crippen LogP contribution in [0.3, 0.4) is 0 Å². The van der Waals surface area contributed by atoms with Crippen molar-refractivity contribution < 1.29 is 4.79 Å². The van der Waals surface area contributed by atoms with Crippen molar-refractivity contribution in [2.75, 3.05) is 31.9 Å². The number of hydrogen-bond donors (Lipinski definition) is 1. The summed E-state index contributed by atoms with van der Waals surface area (Å²) in [5.74, 6) is 0.218. The summed E-state index contributed by atoms with van der Waals surface area (Å²) in [6, 6.07) is 8.19. The molecule has 0 saturated carbocycles. The maximum atomic E-state index is 12.4. The van der Waals surface area contributed by atoms with Gasteiger partial charge in [-0.05, 0) is 12.5 Å². The average Bonchev–Trinajstić information content (AvgIpc) is 2.95. The number of thiazole rings is 1. The molecule has 1 fully saturated rings. The van der Waals surface area contributed by atoms with Gasteiger partial charge in [-0.1, -0.05) is 29.8 Å². The number of piperazine rings is 1. The Labute approximate surface area is 140 Å². The molecule has 3 rings (SSSR count). The minimum absolute atomic E-state index is 0.218. The largest absolute Gasteiger partial charge is 0.375 e. The molecule has 0 unspecified atom stereocenters. The number of benzene rings is 1. The van der Waals surface area contributed by atoms with E-state index in [2.05, 4.69) is 28.9 Å². The van der Waals surface area contributed by atoms with Crippen LogP contribution in [-0.2, 0) is 17.8 Å². The van der Waals surface area contributed by atoms with Gasteiger partial charge in [0.25, 0.3) is 0 Å². The van der Waals surface area contributed by atoms with E-state index in [9.17, 15) is 4.79 Å². The van der Waals surface area contributed by atoms with Crippen LogP contribution in [0.15, 0.2) is 30.5 Å². The molecule has 1 aliphatic heterocycles. The Morgan fingerprint density at radius 1 is 1.22 bits per heavy atom. The summed E-state index contributed by atoms with van der Waals surface area (Å²) in [5, 5.41) is 0.618. The second kappa shape index (κ2) is 7.10. The van der Waals surface area contributed by atoms with Gasteiger partial charge in [0.2, 0.25) is 5.91 Å². The summed E-state index contributed by atoms with van der Waals surface area (Å²) < 4.78 is 0. The number of nitrogen functional groups attached to an aromatic ring is 1. The van der Waals surface area contributed by atoms with Gasteiger partial charge < -0.3 is 10.6 Å². The Hall–Kier alpha value is -1.92. The average molecular weight is 330 g/mol. The van der Waals surface area contributed by atoms with Crippen molar-refractivity contribution >= 4 is 22.4 Å². The van der Waals surface area contributed by atoms with Crippen LogP contribution < -0.4 is 5.73 Å². The fourth-order valence-corrected chi connectivity index (χ4v) is 3.49. The Bertz CT molecular complexity index is 659. The molecule has 1 aliphatic rings. The molecule has 1 saturated heterocycles. The van der Waals surface area contributed by atoms with E-state index in [4.69, 9.17) is 5.73 Å². The lowest BCUT2D eigenvalue weighted by atomic mass is 10.1. The number of nitrogens with two attached hydrogens (primary N) is 1.